The van der Waals surface area contributed by atoms with Gasteiger partial charge in [0.25, 0.3) is 5.56 Å². The molecule has 21 heavy (non-hydrogen) atoms. The minimum Gasteiger partial charge on any atom is -0.279 e. The first kappa shape index (κ1) is 13.5. The Morgan fingerprint density at radius 1 is 1.14 bits per heavy atom. The molecule has 1 saturated heterocycles. The SMILES string of the molecule is CC(Cc1n[nH]c(=O)c2ccccc12)N1C(=O)CCC1=O. The van der Waals surface area contributed by atoms with Crippen LogP contribution in [0.1, 0.15) is 25.5 Å². The molecular weight excluding hydrogens is 270 g/mol. The van der Waals surface area contributed by atoms with E-state index in [0.29, 0.717) is 17.5 Å². The first-order chi connectivity index (χ1) is 10.1. The minimum absolute atomic E-state index is 0.138. The highest BCUT2D eigenvalue weighted by Crippen LogP contribution is 2.20. The molecule has 2 heterocycles. The van der Waals surface area contributed by atoms with Gasteiger partial charge in [0.05, 0.1) is 11.1 Å². The van der Waals surface area contributed by atoms with Crippen LogP contribution < -0.4 is 5.56 Å². The second kappa shape index (κ2) is 5.12. The van der Waals surface area contributed by atoms with E-state index in [0.717, 1.165) is 5.39 Å². The maximum absolute atomic E-state index is 11.8. The molecule has 1 aliphatic heterocycles. The lowest BCUT2D eigenvalue weighted by Gasteiger charge is -2.22. The monoisotopic (exact) mass is 285 g/mol. The second-order valence-electron chi connectivity index (χ2n) is 5.26. The van der Waals surface area contributed by atoms with Gasteiger partial charge in [-0.15, -0.1) is 0 Å². The van der Waals surface area contributed by atoms with E-state index in [1.165, 1.54) is 4.90 Å². The standard InChI is InChI=1S/C15H15N3O3/c1-9(18-13(19)6-7-14(18)20)8-12-10-4-2-3-5-11(10)15(21)17-16-12/h2-5,9H,6-8H2,1H3,(H,17,21). The van der Waals surface area contributed by atoms with Gasteiger partial charge in [-0.05, 0) is 13.0 Å². The molecule has 0 spiro atoms. The highest BCUT2D eigenvalue weighted by Gasteiger charge is 2.33. The van der Waals surface area contributed by atoms with E-state index in [4.69, 9.17) is 0 Å². The van der Waals surface area contributed by atoms with Gasteiger partial charge in [0.2, 0.25) is 11.8 Å². The molecule has 1 fully saturated rings. The number of aromatic amines is 1. The quantitative estimate of drug-likeness (QED) is 0.853. The van der Waals surface area contributed by atoms with Crippen molar-refractivity contribution in [1.29, 1.82) is 0 Å². The summed E-state index contributed by atoms with van der Waals surface area (Å²) < 4.78 is 0. The van der Waals surface area contributed by atoms with Gasteiger partial charge < -0.3 is 0 Å². The Morgan fingerprint density at radius 2 is 1.76 bits per heavy atom. The third-order valence-electron chi connectivity index (χ3n) is 3.79. The normalized spacial score (nSPS) is 16.7. The third kappa shape index (κ3) is 2.33. The van der Waals surface area contributed by atoms with Gasteiger partial charge in [0.1, 0.15) is 0 Å². The summed E-state index contributed by atoms with van der Waals surface area (Å²) in [6, 6.07) is 6.92. The van der Waals surface area contributed by atoms with E-state index in [1.54, 1.807) is 12.1 Å². The highest BCUT2D eigenvalue weighted by atomic mass is 16.2. The van der Waals surface area contributed by atoms with Crippen LogP contribution in [-0.4, -0.2) is 33.0 Å². The van der Waals surface area contributed by atoms with Crippen molar-refractivity contribution >= 4 is 22.6 Å². The van der Waals surface area contributed by atoms with E-state index in [9.17, 15) is 14.4 Å². The lowest BCUT2D eigenvalue weighted by Crippen LogP contribution is -2.39. The van der Waals surface area contributed by atoms with E-state index in [2.05, 4.69) is 10.2 Å². The van der Waals surface area contributed by atoms with Crippen LogP contribution in [0.2, 0.25) is 0 Å². The van der Waals surface area contributed by atoms with Crippen molar-refractivity contribution in [2.75, 3.05) is 0 Å². The van der Waals surface area contributed by atoms with E-state index < -0.39 is 0 Å². The van der Waals surface area contributed by atoms with Crippen molar-refractivity contribution in [3.05, 3.63) is 40.3 Å². The van der Waals surface area contributed by atoms with Gasteiger partial charge >= 0.3 is 0 Å². The number of H-pyrrole nitrogens is 1. The molecule has 1 N–H and O–H groups in total. The average molecular weight is 285 g/mol. The van der Waals surface area contributed by atoms with Crippen LogP contribution in [-0.2, 0) is 16.0 Å². The number of likely N-dealkylation sites (tertiary alicyclic amines) is 1. The number of aromatic nitrogens is 2. The van der Waals surface area contributed by atoms with Crippen molar-refractivity contribution in [2.45, 2.75) is 32.2 Å². The molecule has 6 nitrogen and oxygen atoms in total. The van der Waals surface area contributed by atoms with Crippen molar-refractivity contribution in [3.8, 4) is 0 Å². The summed E-state index contributed by atoms with van der Waals surface area (Å²) in [6.07, 6.45) is 0.987. The zero-order valence-corrected chi connectivity index (χ0v) is 11.6. The molecule has 2 amide bonds. The van der Waals surface area contributed by atoms with Crippen LogP contribution in [0, 0.1) is 0 Å². The Morgan fingerprint density at radius 3 is 2.43 bits per heavy atom. The lowest BCUT2D eigenvalue weighted by molar-refractivity contribution is -0.140. The van der Waals surface area contributed by atoms with Gasteiger partial charge in [0.15, 0.2) is 0 Å². The van der Waals surface area contributed by atoms with Gasteiger partial charge in [-0.25, -0.2) is 5.10 Å². The zero-order chi connectivity index (χ0) is 15.0. The number of hydrogen-bond donors (Lipinski definition) is 1. The number of carbonyl (C=O) groups excluding carboxylic acids is 2. The Bertz CT molecular complexity index is 765. The number of nitrogens with zero attached hydrogens (tertiary/aromatic N) is 2. The summed E-state index contributed by atoms with van der Waals surface area (Å²) in [5, 5.41) is 7.87. The highest BCUT2D eigenvalue weighted by molar-refractivity contribution is 6.02. The number of hydrogen-bond acceptors (Lipinski definition) is 4. The molecule has 0 bridgehead atoms. The largest absolute Gasteiger partial charge is 0.279 e. The van der Waals surface area contributed by atoms with Crippen molar-refractivity contribution in [1.82, 2.24) is 15.1 Å². The number of rotatable bonds is 3. The third-order valence-corrected chi connectivity index (χ3v) is 3.79. The topological polar surface area (TPSA) is 83.1 Å². The first-order valence-electron chi connectivity index (χ1n) is 6.89. The number of amides is 2. The summed E-state index contributed by atoms with van der Waals surface area (Å²) in [5.41, 5.74) is 0.445. The Balaban J connectivity index is 1.95. The zero-order valence-electron chi connectivity index (χ0n) is 11.6. The van der Waals surface area contributed by atoms with Gasteiger partial charge in [-0.1, -0.05) is 18.2 Å². The van der Waals surface area contributed by atoms with Crippen molar-refractivity contribution in [3.63, 3.8) is 0 Å². The lowest BCUT2D eigenvalue weighted by atomic mass is 10.1. The molecule has 3 rings (SSSR count). The van der Waals surface area contributed by atoms with Crippen LogP contribution in [0.15, 0.2) is 29.1 Å². The summed E-state index contributed by atoms with van der Waals surface area (Å²) in [6.45, 7) is 1.82. The number of fused-ring (bicyclic) bond motifs is 1. The van der Waals surface area contributed by atoms with Gasteiger partial charge in [0, 0.05) is 30.7 Å². The van der Waals surface area contributed by atoms with E-state index in [1.807, 2.05) is 19.1 Å². The number of nitrogens with one attached hydrogen (secondary N) is 1. The predicted octanol–water partition coefficient (Wildman–Crippen LogP) is 1.00. The summed E-state index contributed by atoms with van der Waals surface area (Å²) >= 11 is 0. The Labute approximate surface area is 120 Å². The summed E-state index contributed by atoms with van der Waals surface area (Å²) in [5.74, 6) is -0.275. The Hall–Kier alpha value is -2.50. The van der Waals surface area contributed by atoms with Gasteiger partial charge in [-0.2, -0.15) is 5.10 Å². The second-order valence-corrected chi connectivity index (χ2v) is 5.26. The fourth-order valence-corrected chi connectivity index (χ4v) is 2.78. The first-order valence-corrected chi connectivity index (χ1v) is 6.89. The van der Waals surface area contributed by atoms with E-state index in [-0.39, 0.29) is 36.3 Å². The van der Waals surface area contributed by atoms with Crippen LogP contribution in [0.3, 0.4) is 0 Å². The fourth-order valence-electron chi connectivity index (χ4n) is 2.78. The minimum atomic E-state index is -0.269. The molecule has 0 radical (unpaired) electrons. The molecule has 1 aliphatic rings. The van der Waals surface area contributed by atoms with Crippen LogP contribution in [0.4, 0.5) is 0 Å². The van der Waals surface area contributed by atoms with Gasteiger partial charge in [-0.3, -0.25) is 19.3 Å². The summed E-state index contributed by atoms with van der Waals surface area (Å²) in [4.78, 5) is 36.6. The van der Waals surface area contributed by atoms with E-state index >= 15 is 0 Å². The molecule has 1 unspecified atom stereocenters. The molecule has 0 saturated carbocycles. The van der Waals surface area contributed by atoms with Crippen LogP contribution in [0.25, 0.3) is 10.8 Å². The maximum Gasteiger partial charge on any atom is 0.272 e. The molecule has 2 aromatic rings. The average Bonchev–Trinajstić information content (AvgIpc) is 2.81. The van der Waals surface area contributed by atoms with Crippen LogP contribution in [0.5, 0.6) is 0 Å². The molecule has 6 heteroatoms. The molecule has 108 valence electrons. The number of carbonyl (C=O) groups is 2. The molecular formula is C15H15N3O3. The predicted molar refractivity (Wildman–Crippen MR) is 76.6 cm³/mol. The van der Waals surface area contributed by atoms with Crippen LogP contribution >= 0.6 is 0 Å². The summed E-state index contributed by atoms with van der Waals surface area (Å²) in [7, 11) is 0. The fraction of sp³-hybridized carbons (Fsp3) is 0.333. The molecule has 0 aliphatic carbocycles. The maximum atomic E-state index is 11.8. The molecule has 1 aromatic heterocycles. The number of imide groups is 1. The molecule has 1 atom stereocenters. The molecule has 1 aromatic carbocycles. The number of benzene rings is 1. The van der Waals surface area contributed by atoms with Crippen molar-refractivity contribution in [2.24, 2.45) is 0 Å². The Kier molecular flexibility index (Phi) is 3.29. The van der Waals surface area contributed by atoms with Crippen molar-refractivity contribution < 1.29 is 9.59 Å². The smallest absolute Gasteiger partial charge is 0.272 e.